The summed E-state index contributed by atoms with van der Waals surface area (Å²) in [5.74, 6) is 0. The van der Waals surface area contributed by atoms with Crippen molar-refractivity contribution in [1.29, 1.82) is 0 Å². The minimum atomic E-state index is -0.303. The lowest BCUT2D eigenvalue weighted by molar-refractivity contribution is 0.251. The normalized spacial score (nSPS) is 10.0. The van der Waals surface area contributed by atoms with Crippen LogP contribution in [0.2, 0.25) is 10.0 Å². The number of hydrogen-bond donors (Lipinski definition) is 2. The van der Waals surface area contributed by atoms with Crippen LogP contribution in [0.25, 0.3) is 0 Å². The Morgan fingerprint density at radius 1 is 1.00 bits per heavy atom. The molecule has 0 heterocycles. The summed E-state index contributed by atoms with van der Waals surface area (Å²) in [4.78, 5) is 11.7. The van der Waals surface area contributed by atoms with E-state index in [1.54, 1.807) is 36.4 Å². The number of halogens is 2. The smallest absolute Gasteiger partial charge is 0.319 e. The van der Waals surface area contributed by atoms with Crippen molar-refractivity contribution in [3.63, 3.8) is 0 Å². The van der Waals surface area contributed by atoms with E-state index in [9.17, 15) is 4.79 Å². The molecule has 19 heavy (non-hydrogen) atoms. The first-order valence-electron chi connectivity index (χ1n) is 5.69. The number of anilines is 1. The molecule has 0 atom stereocenters. The second-order valence-electron chi connectivity index (χ2n) is 3.91. The van der Waals surface area contributed by atoms with Gasteiger partial charge in [0.2, 0.25) is 0 Å². The number of para-hydroxylation sites is 1. The summed E-state index contributed by atoms with van der Waals surface area (Å²) in [5.41, 5.74) is 1.55. The van der Waals surface area contributed by atoms with Crippen LogP contribution in [-0.4, -0.2) is 6.03 Å². The van der Waals surface area contributed by atoms with Gasteiger partial charge in [0, 0.05) is 11.6 Å². The van der Waals surface area contributed by atoms with Gasteiger partial charge in [-0.3, -0.25) is 0 Å². The molecule has 0 spiro atoms. The molecule has 0 radical (unpaired) electrons. The molecule has 0 bridgehead atoms. The van der Waals surface area contributed by atoms with Gasteiger partial charge < -0.3 is 10.6 Å². The number of carbonyl (C=O) groups excluding carboxylic acids is 1. The highest BCUT2D eigenvalue weighted by atomic mass is 35.5. The summed E-state index contributed by atoms with van der Waals surface area (Å²) < 4.78 is 0. The van der Waals surface area contributed by atoms with Crippen LogP contribution in [0.1, 0.15) is 5.56 Å². The Bertz CT molecular complexity index is 570. The predicted octanol–water partition coefficient (Wildman–Crippen LogP) is 4.32. The van der Waals surface area contributed by atoms with E-state index in [1.165, 1.54) is 0 Å². The lowest BCUT2D eigenvalue weighted by Gasteiger charge is -2.08. The van der Waals surface area contributed by atoms with Gasteiger partial charge in [-0.2, -0.15) is 0 Å². The number of rotatable bonds is 3. The summed E-state index contributed by atoms with van der Waals surface area (Å²) in [7, 11) is 0. The Hall–Kier alpha value is -1.71. The van der Waals surface area contributed by atoms with Gasteiger partial charge in [-0.1, -0.05) is 47.5 Å². The van der Waals surface area contributed by atoms with Crippen LogP contribution < -0.4 is 10.6 Å². The van der Waals surface area contributed by atoms with Crippen molar-refractivity contribution in [3.05, 3.63) is 64.1 Å². The molecule has 2 N–H and O–H groups in total. The summed E-state index contributed by atoms with van der Waals surface area (Å²) in [6.45, 7) is 0.424. The molecule has 2 aromatic rings. The first kappa shape index (κ1) is 13.7. The van der Waals surface area contributed by atoms with Crippen LogP contribution in [0.3, 0.4) is 0 Å². The average molecular weight is 295 g/mol. The molecular formula is C14H12Cl2N2O. The Morgan fingerprint density at radius 2 is 1.68 bits per heavy atom. The van der Waals surface area contributed by atoms with Crippen LogP contribution in [0, 0.1) is 0 Å². The fourth-order valence-corrected chi connectivity index (χ4v) is 1.82. The largest absolute Gasteiger partial charge is 0.334 e. The van der Waals surface area contributed by atoms with Gasteiger partial charge >= 0.3 is 6.03 Å². The van der Waals surface area contributed by atoms with Crippen LogP contribution in [0.4, 0.5) is 10.5 Å². The summed E-state index contributed by atoms with van der Waals surface area (Å²) in [6.07, 6.45) is 0. The molecular weight excluding hydrogens is 283 g/mol. The fourth-order valence-electron chi connectivity index (χ4n) is 1.51. The molecule has 2 aromatic carbocycles. The average Bonchev–Trinajstić information content (AvgIpc) is 2.41. The van der Waals surface area contributed by atoms with Gasteiger partial charge in [0.1, 0.15) is 0 Å². The zero-order chi connectivity index (χ0) is 13.7. The van der Waals surface area contributed by atoms with E-state index in [-0.39, 0.29) is 6.03 Å². The molecule has 0 aromatic heterocycles. The Balaban J connectivity index is 1.88. The zero-order valence-electron chi connectivity index (χ0n) is 9.99. The van der Waals surface area contributed by atoms with Crippen molar-refractivity contribution in [1.82, 2.24) is 5.32 Å². The van der Waals surface area contributed by atoms with Crippen molar-refractivity contribution < 1.29 is 4.79 Å². The van der Waals surface area contributed by atoms with E-state index in [1.807, 2.05) is 12.1 Å². The van der Waals surface area contributed by atoms with Crippen molar-refractivity contribution in [2.24, 2.45) is 0 Å². The summed E-state index contributed by atoms with van der Waals surface area (Å²) in [6, 6.07) is 14.1. The van der Waals surface area contributed by atoms with Crippen LogP contribution in [0.5, 0.6) is 0 Å². The van der Waals surface area contributed by atoms with Crippen molar-refractivity contribution >= 4 is 34.9 Å². The predicted molar refractivity (Wildman–Crippen MR) is 78.8 cm³/mol. The third kappa shape index (κ3) is 4.16. The van der Waals surface area contributed by atoms with E-state index >= 15 is 0 Å². The second-order valence-corrected chi connectivity index (χ2v) is 4.76. The number of hydrogen-bond acceptors (Lipinski definition) is 1. The van der Waals surface area contributed by atoms with Crippen LogP contribution >= 0.6 is 23.2 Å². The van der Waals surface area contributed by atoms with Crippen molar-refractivity contribution in [2.75, 3.05) is 5.32 Å². The molecule has 0 aliphatic rings. The van der Waals surface area contributed by atoms with Gasteiger partial charge in [0.15, 0.2) is 0 Å². The van der Waals surface area contributed by atoms with Crippen LogP contribution in [-0.2, 0) is 6.54 Å². The van der Waals surface area contributed by atoms with Gasteiger partial charge in [-0.05, 0) is 29.8 Å². The first-order valence-corrected chi connectivity index (χ1v) is 6.44. The lowest BCUT2D eigenvalue weighted by Crippen LogP contribution is -2.28. The molecule has 2 rings (SSSR count). The van der Waals surface area contributed by atoms with E-state index in [0.717, 1.165) is 5.56 Å². The quantitative estimate of drug-likeness (QED) is 0.870. The number of urea groups is 1. The van der Waals surface area contributed by atoms with E-state index in [4.69, 9.17) is 23.2 Å². The van der Waals surface area contributed by atoms with Gasteiger partial charge in [0.05, 0.1) is 10.7 Å². The molecule has 0 aliphatic carbocycles. The molecule has 2 amide bonds. The third-order valence-corrected chi connectivity index (χ3v) is 3.07. The van der Waals surface area contributed by atoms with Crippen LogP contribution in [0.15, 0.2) is 48.5 Å². The molecule has 0 saturated carbocycles. The molecule has 0 unspecified atom stereocenters. The topological polar surface area (TPSA) is 41.1 Å². The zero-order valence-corrected chi connectivity index (χ0v) is 11.5. The molecule has 3 nitrogen and oxygen atoms in total. The molecule has 5 heteroatoms. The molecule has 0 fully saturated rings. The minimum Gasteiger partial charge on any atom is -0.334 e. The van der Waals surface area contributed by atoms with E-state index < -0.39 is 0 Å². The third-order valence-electron chi connectivity index (χ3n) is 2.49. The Morgan fingerprint density at radius 3 is 2.37 bits per heavy atom. The lowest BCUT2D eigenvalue weighted by atomic mass is 10.2. The van der Waals surface area contributed by atoms with Crippen molar-refractivity contribution in [3.8, 4) is 0 Å². The summed E-state index contributed by atoms with van der Waals surface area (Å²) >= 11 is 11.7. The standard InChI is InChI=1S/C14H12Cl2N2O/c15-11-7-5-10(6-8-11)9-17-14(19)18-13-4-2-1-3-12(13)16/h1-8H,9H2,(H2,17,18,19). The van der Waals surface area contributed by atoms with E-state index in [0.29, 0.717) is 22.3 Å². The highest BCUT2D eigenvalue weighted by molar-refractivity contribution is 6.33. The van der Waals surface area contributed by atoms with Gasteiger partial charge in [-0.25, -0.2) is 4.79 Å². The first-order chi connectivity index (χ1) is 9.15. The highest BCUT2D eigenvalue weighted by Gasteiger charge is 2.04. The molecule has 0 saturated heterocycles. The van der Waals surface area contributed by atoms with Gasteiger partial charge in [0.25, 0.3) is 0 Å². The Labute approximate surface area is 121 Å². The maximum atomic E-state index is 11.7. The monoisotopic (exact) mass is 294 g/mol. The Kier molecular flexibility index (Phi) is 4.66. The molecule has 0 aliphatic heterocycles. The minimum absolute atomic E-state index is 0.303. The number of amides is 2. The number of benzene rings is 2. The summed E-state index contributed by atoms with van der Waals surface area (Å²) in [5, 5.41) is 6.60. The fraction of sp³-hybridized carbons (Fsp3) is 0.0714. The number of nitrogens with one attached hydrogen (secondary N) is 2. The molecule has 98 valence electrons. The maximum absolute atomic E-state index is 11.7. The number of carbonyl (C=O) groups is 1. The van der Waals surface area contributed by atoms with Gasteiger partial charge in [-0.15, -0.1) is 0 Å². The highest BCUT2D eigenvalue weighted by Crippen LogP contribution is 2.20. The second kappa shape index (κ2) is 6.45. The maximum Gasteiger partial charge on any atom is 0.319 e. The van der Waals surface area contributed by atoms with E-state index in [2.05, 4.69) is 10.6 Å². The SMILES string of the molecule is O=C(NCc1ccc(Cl)cc1)Nc1ccccc1Cl. The van der Waals surface area contributed by atoms with Crippen molar-refractivity contribution in [2.45, 2.75) is 6.54 Å².